The summed E-state index contributed by atoms with van der Waals surface area (Å²) in [4.78, 5) is 16.8. The summed E-state index contributed by atoms with van der Waals surface area (Å²) in [5.41, 5.74) is 3.08. The minimum atomic E-state index is -0.172. The van der Waals surface area contributed by atoms with E-state index in [4.69, 9.17) is 9.97 Å². The molecule has 2 aromatic rings. The van der Waals surface area contributed by atoms with E-state index in [1.165, 1.54) is 37.9 Å². The van der Waals surface area contributed by atoms with E-state index in [1.54, 1.807) is 0 Å². The molecule has 0 aromatic carbocycles. The van der Waals surface area contributed by atoms with E-state index in [-0.39, 0.29) is 6.10 Å². The number of hydrogen-bond acceptors (Lipinski definition) is 7. The van der Waals surface area contributed by atoms with Crippen molar-refractivity contribution in [1.82, 2.24) is 19.9 Å². The summed E-state index contributed by atoms with van der Waals surface area (Å²) >= 11 is 0. The molecule has 2 aromatic heterocycles. The lowest BCUT2D eigenvalue weighted by atomic mass is 9.93. The highest BCUT2D eigenvalue weighted by atomic mass is 16.3. The third-order valence-electron chi connectivity index (χ3n) is 6.88. The fourth-order valence-corrected chi connectivity index (χ4v) is 4.94. The number of rotatable bonds is 9. The van der Waals surface area contributed by atoms with Crippen LogP contribution < -0.4 is 10.6 Å². The van der Waals surface area contributed by atoms with E-state index in [2.05, 4.69) is 46.5 Å². The molecule has 0 radical (unpaired) electrons. The molecule has 3 heterocycles. The molecule has 3 N–H and O–H groups in total. The Morgan fingerprint density at radius 3 is 2.55 bits per heavy atom. The van der Waals surface area contributed by atoms with Crippen molar-refractivity contribution in [3.63, 3.8) is 0 Å². The fraction of sp³-hybridized carbons (Fsp3) is 0.654. The third-order valence-corrected chi connectivity index (χ3v) is 6.88. The number of anilines is 2. The maximum atomic E-state index is 9.89. The van der Waals surface area contributed by atoms with Gasteiger partial charge in [0.15, 0.2) is 0 Å². The summed E-state index contributed by atoms with van der Waals surface area (Å²) in [5, 5.41) is 17.0. The van der Waals surface area contributed by atoms with Crippen LogP contribution in [0.1, 0.15) is 77.2 Å². The van der Waals surface area contributed by atoms with Crippen molar-refractivity contribution in [2.24, 2.45) is 0 Å². The van der Waals surface area contributed by atoms with Gasteiger partial charge in [0.1, 0.15) is 5.82 Å². The molecule has 1 saturated carbocycles. The summed E-state index contributed by atoms with van der Waals surface area (Å²) in [6.07, 6.45) is 13.4. The van der Waals surface area contributed by atoms with Crippen molar-refractivity contribution in [1.29, 1.82) is 0 Å². The van der Waals surface area contributed by atoms with E-state index in [0.717, 1.165) is 62.1 Å². The zero-order chi connectivity index (χ0) is 23.0. The van der Waals surface area contributed by atoms with Gasteiger partial charge in [0, 0.05) is 31.0 Å². The Kier molecular flexibility index (Phi) is 8.51. The molecule has 0 bridgehead atoms. The smallest absolute Gasteiger partial charge is 0.224 e. The molecule has 1 aliphatic carbocycles. The van der Waals surface area contributed by atoms with Gasteiger partial charge in [-0.15, -0.1) is 0 Å². The number of nitrogens with one attached hydrogen (secondary N) is 2. The van der Waals surface area contributed by atoms with E-state index in [1.807, 2.05) is 12.4 Å². The molecule has 0 unspecified atom stereocenters. The molecule has 4 rings (SSSR count). The largest absolute Gasteiger partial charge is 0.393 e. The second-order valence-electron chi connectivity index (χ2n) is 9.83. The van der Waals surface area contributed by atoms with Gasteiger partial charge in [-0.2, -0.15) is 4.98 Å². The lowest BCUT2D eigenvalue weighted by molar-refractivity contribution is 0.126. The molecule has 2 fully saturated rings. The van der Waals surface area contributed by atoms with Gasteiger partial charge in [-0.1, -0.05) is 25.8 Å². The maximum absolute atomic E-state index is 9.89. The topological polar surface area (TPSA) is 86.2 Å². The first-order chi connectivity index (χ1) is 16.1. The van der Waals surface area contributed by atoms with Gasteiger partial charge in [-0.05, 0) is 76.6 Å². The quantitative estimate of drug-likeness (QED) is 0.502. The Morgan fingerprint density at radius 1 is 1.06 bits per heavy atom. The van der Waals surface area contributed by atoms with Crippen molar-refractivity contribution in [2.45, 2.75) is 96.4 Å². The van der Waals surface area contributed by atoms with Crippen molar-refractivity contribution in [3.05, 3.63) is 30.1 Å². The van der Waals surface area contributed by atoms with Crippen LogP contribution in [0.5, 0.6) is 0 Å². The fourth-order valence-electron chi connectivity index (χ4n) is 4.94. The number of hydrogen-bond donors (Lipinski definition) is 3. The van der Waals surface area contributed by atoms with Crippen LogP contribution in [0.4, 0.5) is 11.8 Å². The second-order valence-corrected chi connectivity index (χ2v) is 9.83. The molecule has 7 nitrogen and oxygen atoms in total. The van der Waals surface area contributed by atoms with E-state index < -0.39 is 0 Å². The van der Waals surface area contributed by atoms with Crippen LogP contribution in [0, 0.1) is 0 Å². The standard InChI is InChI=1S/C26H40N6O/c1-3-7-19(2)29-26-28-17-23(25(31-26)30-21-9-11-22(33)12-10-21)24-13-8-20(16-27-24)18-32-14-5-4-6-15-32/h8,13,16-17,19,21-22,33H,3-7,9-12,14-15,18H2,1-2H3,(H2,28,29,30,31)/t19-,21-,22-/m0/s1. The Morgan fingerprint density at radius 2 is 1.85 bits per heavy atom. The molecule has 0 amide bonds. The monoisotopic (exact) mass is 452 g/mol. The van der Waals surface area contributed by atoms with Crippen molar-refractivity contribution >= 4 is 11.8 Å². The molecule has 1 aliphatic heterocycles. The van der Waals surface area contributed by atoms with Crippen molar-refractivity contribution in [3.8, 4) is 11.3 Å². The molecular formula is C26H40N6O. The minimum Gasteiger partial charge on any atom is -0.393 e. The van der Waals surface area contributed by atoms with E-state index in [0.29, 0.717) is 18.0 Å². The number of aliphatic hydroxyl groups is 1. The number of aromatic nitrogens is 3. The number of likely N-dealkylation sites (tertiary alicyclic amines) is 1. The Balaban J connectivity index is 1.52. The summed E-state index contributed by atoms with van der Waals surface area (Å²) in [5.74, 6) is 1.48. The second kappa shape index (κ2) is 11.7. The van der Waals surface area contributed by atoms with Crippen LogP contribution in [0.2, 0.25) is 0 Å². The average molecular weight is 453 g/mol. The zero-order valence-electron chi connectivity index (χ0n) is 20.3. The van der Waals surface area contributed by atoms with Crippen LogP contribution in [0.15, 0.2) is 24.5 Å². The number of aliphatic hydroxyl groups excluding tert-OH is 1. The van der Waals surface area contributed by atoms with Crippen LogP contribution in [-0.4, -0.2) is 56.2 Å². The molecular weight excluding hydrogens is 412 g/mol. The number of nitrogens with zero attached hydrogens (tertiary/aromatic N) is 4. The molecule has 1 saturated heterocycles. The molecule has 180 valence electrons. The predicted octanol–water partition coefficient (Wildman–Crippen LogP) is 4.84. The highest BCUT2D eigenvalue weighted by molar-refractivity contribution is 5.73. The lowest BCUT2D eigenvalue weighted by Gasteiger charge is -2.27. The zero-order valence-corrected chi connectivity index (χ0v) is 20.3. The number of piperidine rings is 1. The van der Waals surface area contributed by atoms with Crippen molar-refractivity contribution < 1.29 is 5.11 Å². The Hall–Kier alpha value is -2.25. The summed E-state index contributed by atoms with van der Waals surface area (Å²) < 4.78 is 0. The van der Waals surface area contributed by atoms with Crippen LogP contribution >= 0.6 is 0 Å². The summed E-state index contributed by atoms with van der Waals surface area (Å²) in [6.45, 7) is 7.69. The molecule has 33 heavy (non-hydrogen) atoms. The van der Waals surface area contributed by atoms with Gasteiger partial charge in [-0.25, -0.2) is 4.98 Å². The van der Waals surface area contributed by atoms with Gasteiger partial charge in [0.05, 0.1) is 17.4 Å². The average Bonchev–Trinajstić information content (AvgIpc) is 2.82. The third kappa shape index (κ3) is 6.87. The summed E-state index contributed by atoms with van der Waals surface area (Å²) in [7, 11) is 0. The highest BCUT2D eigenvalue weighted by Gasteiger charge is 2.22. The molecule has 2 aliphatic rings. The van der Waals surface area contributed by atoms with Gasteiger partial charge in [0.2, 0.25) is 5.95 Å². The van der Waals surface area contributed by atoms with Crippen LogP contribution in [-0.2, 0) is 6.54 Å². The first-order valence-corrected chi connectivity index (χ1v) is 12.9. The minimum absolute atomic E-state index is 0.172. The van der Waals surface area contributed by atoms with Gasteiger partial charge in [0.25, 0.3) is 0 Å². The van der Waals surface area contributed by atoms with Gasteiger partial charge in [-0.3, -0.25) is 9.88 Å². The van der Waals surface area contributed by atoms with E-state index >= 15 is 0 Å². The first kappa shape index (κ1) is 23.9. The molecule has 7 heteroatoms. The van der Waals surface area contributed by atoms with E-state index in [9.17, 15) is 5.11 Å². The van der Waals surface area contributed by atoms with Gasteiger partial charge < -0.3 is 15.7 Å². The van der Waals surface area contributed by atoms with Crippen LogP contribution in [0.3, 0.4) is 0 Å². The lowest BCUT2D eigenvalue weighted by Crippen LogP contribution is -2.29. The number of pyridine rings is 1. The van der Waals surface area contributed by atoms with Gasteiger partial charge >= 0.3 is 0 Å². The maximum Gasteiger partial charge on any atom is 0.224 e. The first-order valence-electron chi connectivity index (χ1n) is 12.9. The SMILES string of the molecule is CCC[C@H](C)Nc1ncc(-c2ccc(CN3CCCCC3)cn2)c(N[C@H]2CC[C@H](O)CC2)n1. The summed E-state index contributed by atoms with van der Waals surface area (Å²) in [6, 6.07) is 4.92. The molecule has 1 atom stereocenters. The molecule has 0 spiro atoms. The highest BCUT2D eigenvalue weighted by Crippen LogP contribution is 2.29. The van der Waals surface area contributed by atoms with Crippen LogP contribution in [0.25, 0.3) is 11.3 Å². The van der Waals surface area contributed by atoms with Crippen molar-refractivity contribution in [2.75, 3.05) is 23.7 Å². The predicted molar refractivity (Wildman–Crippen MR) is 134 cm³/mol. The Bertz CT molecular complexity index is 860. The Labute approximate surface area is 198 Å². The normalized spacial score (nSPS) is 22.6.